The highest BCUT2D eigenvalue weighted by Crippen LogP contribution is 2.33. The fourth-order valence-electron chi connectivity index (χ4n) is 3.67. The molecule has 2 aliphatic rings. The fourth-order valence-corrected chi connectivity index (χ4v) is 4.88. The van der Waals surface area contributed by atoms with Gasteiger partial charge in [-0.1, -0.05) is 22.9 Å². The number of carbonyl (C=O) groups is 2. The molecule has 10 heteroatoms. The lowest BCUT2D eigenvalue weighted by atomic mass is 10.1. The van der Waals surface area contributed by atoms with Gasteiger partial charge in [0.25, 0.3) is 0 Å². The van der Waals surface area contributed by atoms with Crippen molar-refractivity contribution in [3.63, 3.8) is 0 Å². The van der Waals surface area contributed by atoms with Gasteiger partial charge in [0.1, 0.15) is 0 Å². The standard InChI is InChI=1S/C19H22ClN5O3S/c1-11(26)24-5-3-12(9-24)18(27)23-19-22-14-4-6-25(10-16(14)29-19)13-7-15(28-2)17(20)21-8-13/h7-8,12H,3-6,9-10H2,1-2H3,(H,22,23,27)/t12-/m0/s1. The topological polar surface area (TPSA) is 87.7 Å². The molecule has 0 unspecified atom stereocenters. The molecular weight excluding hydrogens is 414 g/mol. The lowest BCUT2D eigenvalue weighted by molar-refractivity contribution is -0.128. The molecule has 4 rings (SSSR count). The van der Waals surface area contributed by atoms with Crippen LogP contribution in [0.25, 0.3) is 0 Å². The molecule has 2 aliphatic heterocycles. The van der Waals surface area contributed by atoms with Gasteiger partial charge in [-0.15, -0.1) is 0 Å². The molecule has 154 valence electrons. The molecule has 29 heavy (non-hydrogen) atoms. The number of fused-ring (bicyclic) bond motifs is 1. The predicted molar refractivity (Wildman–Crippen MR) is 112 cm³/mol. The van der Waals surface area contributed by atoms with Gasteiger partial charge in [0, 0.05) is 43.9 Å². The molecule has 0 saturated carbocycles. The summed E-state index contributed by atoms with van der Waals surface area (Å²) in [5.74, 6) is 0.314. The summed E-state index contributed by atoms with van der Waals surface area (Å²) < 4.78 is 5.26. The number of rotatable bonds is 4. The SMILES string of the molecule is COc1cc(N2CCc3nc(NC(=O)[C@H]4CCN(C(C)=O)C4)sc3C2)cnc1Cl. The third-order valence-electron chi connectivity index (χ3n) is 5.34. The number of amides is 2. The van der Waals surface area contributed by atoms with Gasteiger partial charge in [0.15, 0.2) is 16.0 Å². The summed E-state index contributed by atoms with van der Waals surface area (Å²) in [6.07, 6.45) is 3.21. The van der Waals surface area contributed by atoms with Crippen molar-refractivity contribution in [3.8, 4) is 5.75 Å². The molecule has 4 heterocycles. The number of methoxy groups -OCH3 is 1. The highest BCUT2D eigenvalue weighted by atomic mass is 35.5. The summed E-state index contributed by atoms with van der Waals surface area (Å²) in [4.78, 5) is 37.9. The maximum atomic E-state index is 12.6. The Balaban J connectivity index is 1.42. The number of hydrogen-bond donors (Lipinski definition) is 1. The second-order valence-electron chi connectivity index (χ2n) is 7.19. The first kappa shape index (κ1) is 19.9. The van der Waals surface area contributed by atoms with Crippen LogP contribution < -0.4 is 15.0 Å². The maximum absolute atomic E-state index is 12.6. The average Bonchev–Trinajstić information content (AvgIpc) is 3.34. The number of thiazole rings is 1. The van der Waals surface area contributed by atoms with E-state index in [-0.39, 0.29) is 17.7 Å². The fraction of sp³-hybridized carbons (Fsp3) is 0.474. The van der Waals surface area contributed by atoms with E-state index in [0.29, 0.717) is 42.1 Å². The predicted octanol–water partition coefficient (Wildman–Crippen LogP) is 2.57. The first-order valence-electron chi connectivity index (χ1n) is 9.44. The van der Waals surface area contributed by atoms with Crippen LogP contribution in [0.2, 0.25) is 5.15 Å². The molecule has 0 bridgehead atoms. The van der Waals surface area contributed by atoms with Crippen LogP contribution in [0.3, 0.4) is 0 Å². The van der Waals surface area contributed by atoms with Crippen molar-refractivity contribution in [2.45, 2.75) is 26.3 Å². The lowest BCUT2D eigenvalue weighted by Gasteiger charge is -2.28. The number of halogens is 1. The molecule has 1 fully saturated rings. The number of likely N-dealkylation sites (tertiary alicyclic amines) is 1. The molecule has 2 amide bonds. The molecule has 0 radical (unpaired) electrons. The molecule has 1 saturated heterocycles. The van der Waals surface area contributed by atoms with E-state index in [2.05, 4.69) is 20.2 Å². The van der Waals surface area contributed by atoms with Gasteiger partial charge < -0.3 is 19.9 Å². The Kier molecular flexibility index (Phi) is 5.60. The van der Waals surface area contributed by atoms with Crippen molar-refractivity contribution in [1.29, 1.82) is 0 Å². The van der Waals surface area contributed by atoms with Crippen LogP contribution in [0.15, 0.2) is 12.3 Å². The summed E-state index contributed by atoms with van der Waals surface area (Å²) >= 11 is 7.52. The number of carbonyl (C=O) groups excluding carboxylic acids is 2. The zero-order valence-electron chi connectivity index (χ0n) is 16.3. The van der Waals surface area contributed by atoms with Gasteiger partial charge >= 0.3 is 0 Å². The van der Waals surface area contributed by atoms with E-state index in [1.54, 1.807) is 18.2 Å². The highest BCUT2D eigenvalue weighted by Gasteiger charge is 2.30. The molecule has 1 N–H and O–H groups in total. The Morgan fingerprint density at radius 1 is 1.38 bits per heavy atom. The van der Waals surface area contributed by atoms with E-state index in [9.17, 15) is 9.59 Å². The summed E-state index contributed by atoms with van der Waals surface area (Å²) in [5, 5.41) is 3.90. The van der Waals surface area contributed by atoms with Crippen LogP contribution in [0.5, 0.6) is 5.75 Å². The third-order valence-corrected chi connectivity index (χ3v) is 6.62. The molecule has 0 spiro atoms. The Labute approximate surface area is 177 Å². The molecule has 8 nitrogen and oxygen atoms in total. The number of nitrogens with zero attached hydrogens (tertiary/aromatic N) is 4. The smallest absolute Gasteiger partial charge is 0.231 e. The Morgan fingerprint density at radius 3 is 2.93 bits per heavy atom. The van der Waals surface area contributed by atoms with E-state index >= 15 is 0 Å². The van der Waals surface area contributed by atoms with Crippen molar-refractivity contribution in [3.05, 3.63) is 28.0 Å². The number of hydrogen-bond acceptors (Lipinski definition) is 7. The summed E-state index contributed by atoms with van der Waals surface area (Å²) in [6.45, 7) is 4.14. The molecular formula is C19H22ClN5O3S. The van der Waals surface area contributed by atoms with Crippen molar-refractivity contribution in [2.75, 3.05) is 37.0 Å². The molecule has 2 aromatic heterocycles. The molecule has 2 aromatic rings. The van der Waals surface area contributed by atoms with Crippen LogP contribution in [0, 0.1) is 5.92 Å². The number of ether oxygens (including phenoxy) is 1. The van der Waals surface area contributed by atoms with Crippen LogP contribution in [0.4, 0.5) is 10.8 Å². The zero-order valence-corrected chi connectivity index (χ0v) is 17.8. The first-order chi connectivity index (χ1) is 13.9. The van der Waals surface area contributed by atoms with E-state index in [1.807, 2.05) is 6.07 Å². The second kappa shape index (κ2) is 8.16. The van der Waals surface area contributed by atoms with E-state index in [1.165, 1.54) is 18.3 Å². The Bertz CT molecular complexity index is 950. The number of aromatic nitrogens is 2. The van der Waals surface area contributed by atoms with Crippen LogP contribution in [0.1, 0.15) is 23.9 Å². The number of nitrogens with one attached hydrogen (secondary N) is 1. The van der Waals surface area contributed by atoms with Crippen LogP contribution in [-0.4, -0.2) is 53.4 Å². The maximum Gasteiger partial charge on any atom is 0.231 e. The first-order valence-corrected chi connectivity index (χ1v) is 10.6. The van der Waals surface area contributed by atoms with Crippen LogP contribution >= 0.6 is 22.9 Å². The quantitative estimate of drug-likeness (QED) is 0.742. The lowest BCUT2D eigenvalue weighted by Crippen LogP contribution is -2.30. The van der Waals surface area contributed by atoms with Crippen molar-refractivity contribution >= 4 is 45.6 Å². The summed E-state index contributed by atoms with van der Waals surface area (Å²) in [5.41, 5.74) is 1.96. The summed E-state index contributed by atoms with van der Waals surface area (Å²) in [7, 11) is 1.57. The minimum Gasteiger partial charge on any atom is -0.493 e. The average molecular weight is 436 g/mol. The Morgan fingerprint density at radius 2 is 2.21 bits per heavy atom. The van der Waals surface area contributed by atoms with Crippen LogP contribution in [-0.2, 0) is 22.6 Å². The summed E-state index contributed by atoms with van der Waals surface area (Å²) in [6, 6.07) is 1.88. The van der Waals surface area contributed by atoms with Crippen molar-refractivity contribution in [2.24, 2.45) is 5.92 Å². The molecule has 0 aromatic carbocycles. The van der Waals surface area contributed by atoms with Gasteiger partial charge in [0.2, 0.25) is 11.8 Å². The van der Waals surface area contributed by atoms with Gasteiger partial charge in [0.05, 0.1) is 37.2 Å². The van der Waals surface area contributed by atoms with E-state index in [0.717, 1.165) is 29.2 Å². The van der Waals surface area contributed by atoms with Gasteiger partial charge in [-0.05, 0) is 6.42 Å². The van der Waals surface area contributed by atoms with Gasteiger partial charge in [-0.25, -0.2) is 9.97 Å². The molecule has 0 aliphatic carbocycles. The third kappa shape index (κ3) is 4.16. The number of anilines is 2. The van der Waals surface area contributed by atoms with Gasteiger partial charge in [-0.3, -0.25) is 9.59 Å². The largest absolute Gasteiger partial charge is 0.493 e. The minimum absolute atomic E-state index is 0.0124. The highest BCUT2D eigenvalue weighted by molar-refractivity contribution is 7.15. The Hall–Kier alpha value is -2.39. The second-order valence-corrected chi connectivity index (χ2v) is 8.63. The number of pyridine rings is 1. The minimum atomic E-state index is -0.177. The van der Waals surface area contributed by atoms with Gasteiger partial charge in [-0.2, -0.15) is 0 Å². The van der Waals surface area contributed by atoms with E-state index in [4.69, 9.17) is 16.3 Å². The van der Waals surface area contributed by atoms with Crippen molar-refractivity contribution in [1.82, 2.24) is 14.9 Å². The van der Waals surface area contributed by atoms with E-state index < -0.39 is 0 Å². The zero-order chi connectivity index (χ0) is 20.5. The molecule has 1 atom stereocenters. The normalized spacial score (nSPS) is 18.5. The monoisotopic (exact) mass is 435 g/mol. The van der Waals surface area contributed by atoms with Crippen molar-refractivity contribution < 1.29 is 14.3 Å².